The number of aliphatic carboxylic acids is 1. The van der Waals surface area contributed by atoms with Gasteiger partial charge in [0, 0.05) is 24.7 Å². The van der Waals surface area contributed by atoms with Crippen molar-refractivity contribution in [3.05, 3.63) is 42.1 Å². The van der Waals surface area contributed by atoms with Gasteiger partial charge < -0.3 is 10.0 Å². The first-order chi connectivity index (χ1) is 11.1. The van der Waals surface area contributed by atoms with Gasteiger partial charge in [0.25, 0.3) is 5.91 Å². The summed E-state index contributed by atoms with van der Waals surface area (Å²) in [7, 11) is 0. The van der Waals surface area contributed by atoms with Crippen LogP contribution in [-0.2, 0) is 4.79 Å². The van der Waals surface area contributed by atoms with E-state index < -0.39 is 11.4 Å². The summed E-state index contributed by atoms with van der Waals surface area (Å²) in [6.45, 7) is 2.75. The molecule has 1 fully saturated rings. The Morgan fingerprint density at radius 1 is 1.30 bits per heavy atom. The highest BCUT2D eigenvalue weighted by Gasteiger charge is 2.42. The Hall–Kier alpha value is -2.43. The lowest BCUT2D eigenvalue weighted by molar-refractivity contribution is -0.152. The van der Waals surface area contributed by atoms with Gasteiger partial charge in [-0.1, -0.05) is 25.1 Å². The molecule has 5 nitrogen and oxygen atoms in total. The van der Waals surface area contributed by atoms with Crippen LogP contribution in [0.15, 0.2) is 36.5 Å². The van der Waals surface area contributed by atoms with Crippen molar-refractivity contribution in [3.63, 3.8) is 0 Å². The zero-order valence-electron chi connectivity index (χ0n) is 13.2. The number of benzene rings is 1. The van der Waals surface area contributed by atoms with Gasteiger partial charge in [-0.25, -0.2) is 0 Å². The second kappa shape index (κ2) is 5.99. The lowest BCUT2D eigenvalue weighted by atomic mass is 9.77. The number of nitrogens with zero attached hydrogens (tertiary/aromatic N) is 2. The van der Waals surface area contributed by atoms with Crippen molar-refractivity contribution in [2.75, 3.05) is 13.1 Å². The fourth-order valence-electron chi connectivity index (χ4n) is 3.37. The summed E-state index contributed by atoms with van der Waals surface area (Å²) in [6.07, 6.45) is 3.50. The first-order valence-corrected chi connectivity index (χ1v) is 7.94. The van der Waals surface area contributed by atoms with Crippen molar-refractivity contribution >= 4 is 22.8 Å². The molecule has 120 valence electrons. The van der Waals surface area contributed by atoms with Crippen molar-refractivity contribution in [1.29, 1.82) is 0 Å². The summed E-state index contributed by atoms with van der Waals surface area (Å²) in [5.41, 5.74) is 0.541. The second-order valence-electron chi connectivity index (χ2n) is 6.14. The smallest absolute Gasteiger partial charge is 0.311 e. The lowest BCUT2D eigenvalue weighted by Gasteiger charge is -2.39. The van der Waals surface area contributed by atoms with Crippen LogP contribution in [0.2, 0.25) is 0 Å². The van der Waals surface area contributed by atoms with Crippen LogP contribution in [0.1, 0.15) is 36.5 Å². The standard InChI is InChI=1S/C18H20N2O3/c1-2-18(17(22)23)9-5-11-20(12-18)16(21)14-8-10-19-15-7-4-3-6-13(14)15/h3-4,6-8,10H,2,5,9,11-12H2,1H3,(H,22,23). The Balaban J connectivity index is 1.95. The number of fused-ring (bicyclic) bond motifs is 1. The molecule has 3 rings (SSSR count). The van der Waals surface area contributed by atoms with Gasteiger partial charge in [0.2, 0.25) is 0 Å². The van der Waals surface area contributed by atoms with E-state index >= 15 is 0 Å². The number of piperidine rings is 1. The van der Waals surface area contributed by atoms with Crippen LogP contribution in [0.4, 0.5) is 0 Å². The number of carbonyl (C=O) groups excluding carboxylic acids is 1. The van der Waals surface area contributed by atoms with Gasteiger partial charge in [-0.05, 0) is 31.4 Å². The summed E-state index contributed by atoms with van der Waals surface area (Å²) < 4.78 is 0. The molecule has 1 atom stereocenters. The molecular weight excluding hydrogens is 292 g/mol. The van der Waals surface area contributed by atoms with Crippen LogP contribution < -0.4 is 0 Å². The van der Waals surface area contributed by atoms with E-state index in [0.29, 0.717) is 24.9 Å². The molecule has 1 N–H and O–H groups in total. The van der Waals surface area contributed by atoms with Crippen molar-refractivity contribution in [3.8, 4) is 0 Å². The third-order valence-electron chi connectivity index (χ3n) is 4.87. The normalized spacial score (nSPS) is 21.3. The number of carbonyl (C=O) groups is 2. The molecule has 0 saturated carbocycles. The largest absolute Gasteiger partial charge is 0.481 e. The molecular formula is C18H20N2O3. The van der Waals surface area contributed by atoms with Gasteiger partial charge in [0.15, 0.2) is 0 Å². The first-order valence-electron chi connectivity index (χ1n) is 7.94. The van der Waals surface area contributed by atoms with Crippen molar-refractivity contribution in [2.45, 2.75) is 26.2 Å². The third-order valence-corrected chi connectivity index (χ3v) is 4.87. The number of aromatic nitrogens is 1. The Labute approximate surface area is 134 Å². The number of hydrogen-bond donors (Lipinski definition) is 1. The van der Waals surface area contributed by atoms with Crippen LogP contribution in [0.3, 0.4) is 0 Å². The highest BCUT2D eigenvalue weighted by molar-refractivity contribution is 6.06. The van der Waals surface area contributed by atoms with Gasteiger partial charge in [0.1, 0.15) is 0 Å². The molecule has 23 heavy (non-hydrogen) atoms. The average Bonchev–Trinajstić information content (AvgIpc) is 2.60. The van der Waals surface area contributed by atoms with E-state index in [4.69, 9.17) is 0 Å². The summed E-state index contributed by atoms with van der Waals surface area (Å²) in [4.78, 5) is 30.6. The highest BCUT2D eigenvalue weighted by atomic mass is 16.4. The molecule has 1 aliphatic rings. The van der Waals surface area contributed by atoms with E-state index in [9.17, 15) is 14.7 Å². The maximum Gasteiger partial charge on any atom is 0.311 e. The molecule has 2 heterocycles. The Kier molecular flexibility index (Phi) is 4.03. The summed E-state index contributed by atoms with van der Waals surface area (Å²) in [5.74, 6) is -0.917. The number of carboxylic acid groups (broad SMARTS) is 1. The van der Waals surface area contributed by atoms with E-state index in [0.717, 1.165) is 17.3 Å². The minimum atomic E-state index is -0.823. The molecule has 0 radical (unpaired) electrons. The van der Waals surface area contributed by atoms with Crippen LogP contribution in [0, 0.1) is 5.41 Å². The fraction of sp³-hybridized carbons (Fsp3) is 0.389. The Morgan fingerprint density at radius 3 is 2.83 bits per heavy atom. The number of rotatable bonds is 3. The van der Waals surface area contributed by atoms with E-state index in [2.05, 4.69) is 4.98 Å². The number of amides is 1. The van der Waals surface area contributed by atoms with E-state index in [1.165, 1.54) is 0 Å². The molecule has 5 heteroatoms. The quantitative estimate of drug-likeness (QED) is 0.946. The van der Waals surface area contributed by atoms with E-state index in [1.807, 2.05) is 31.2 Å². The zero-order chi connectivity index (χ0) is 16.4. The molecule has 1 aromatic heterocycles. The number of hydrogen-bond acceptors (Lipinski definition) is 3. The minimum absolute atomic E-state index is 0.109. The zero-order valence-corrected chi connectivity index (χ0v) is 13.2. The van der Waals surface area contributed by atoms with Crippen molar-refractivity contribution < 1.29 is 14.7 Å². The van der Waals surface area contributed by atoms with E-state index in [-0.39, 0.29) is 12.5 Å². The average molecular weight is 312 g/mol. The number of likely N-dealkylation sites (tertiary alicyclic amines) is 1. The summed E-state index contributed by atoms with van der Waals surface area (Å²) in [5, 5.41) is 10.4. The summed E-state index contributed by atoms with van der Waals surface area (Å²) >= 11 is 0. The fourth-order valence-corrected chi connectivity index (χ4v) is 3.37. The van der Waals surface area contributed by atoms with Crippen molar-refractivity contribution in [1.82, 2.24) is 9.88 Å². The van der Waals surface area contributed by atoms with Gasteiger partial charge in [-0.3, -0.25) is 14.6 Å². The second-order valence-corrected chi connectivity index (χ2v) is 6.14. The SMILES string of the molecule is CCC1(C(=O)O)CCCN(C(=O)c2ccnc3ccccc23)C1. The lowest BCUT2D eigenvalue weighted by Crippen LogP contribution is -2.49. The molecule has 0 bridgehead atoms. The molecule has 1 amide bonds. The maximum atomic E-state index is 12.9. The third kappa shape index (κ3) is 2.67. The number of pyridine rings is 1. The van der Waals surface area contributed by atoms with Crippen molar-refractivity contribution in [2.24, 2.45) is 5.41 Å². The molecule has 1 aliphatic heterocycles. The first kappa shape index (κ1) is 15.5. The molecule has 1 aromatic carbocycles. The number of carboxylic acids is 1. The van der Waals surface area contributed by atoms with Crippen LogP contribution >= 0.6 is 0 Å². The van der Waals surface area contributed by atoms with Gasteiger partial charge in [-0.2, -0.15) is 0 Å². The van der Waals surface area contributed by atoms with Gasteiger partial charge >= 0.3 is 5.97 Å². The molecule has 1 unspecified atom stereocenters. The molecule has 0 aliphatic carbocycles. The summed E-state index contributed by atoms with van der Waals surface area (Å²) in [6, 6.07) is 9.23. The Bertz CT molecular complexity index is 754. The molecule has 1 saturated heterocycles. The maximum absolute atomic E-state index is 12.9. The number of para-hydroxylation sites is 1. The van der Waals surface area contributed by atoms with Crippen LogP contribution in [0.5, 0.6) is 0 Å². The molecule has 2 aromatic rings. The van der Waals surface area contributed by atoms with Gasteiger partial charge in [-0.15, -0.1) is 0 Å². The molecule has 0 spiro atoms. The van der Waals surface area contributed by atoms with Crippen LogP contribution in [-0.4, -0.2) is 40.0 Å². The van der Waals surface area contributed by atoms with Crippen LogP contribution in [0.25, 0.3) is 10.9 Å². The predicted octanol–water partition coefficient (Wildman–Crippen LogP) is 2.95. The predicted molar refractivity (Wildman–Crippen MR) is 87.2 cm³/mol. The minimum Gasteiger partial charge on any atom is -0.481 e. The van der Waals surface area contributed by atoms with E-state index in [1.54, 1.807) is 17.2 Å². The monoisotopic (exact) mass is 312 g/mol. The highest BCUT2D eigenvalue weighted by Crippen LogP contribution is 2.34. The van der Waals surface area contributed by atoms with Gasteiger partial charge in [0.05, 0.1) is 16.5 Å². The Morgan fingerprint density at radius 2 is 2.09 bits per heavy atom. The topological polar surface area (TPSA) is 70.5 Å².